The molecule has 0 saturated carbocycles. The number of benzene rings is 1. The number of fused-ring (bicyclic) bond motifs is 1. The lowest BCUT2D eigenvalue weighted by molar-refractivity contribution is 0.423. The Morgan fingerprint density at radius 2 is 1.85 bits per heavy atom. The van der Waals surface area contributed by atoms with Crippen LogP contribution in [0, 0.1) is 5.82 Å². The summed E-state index contributed by atoms with van der Waals surface area (Å²) in [6, 6.07) is 7.07. The number of halogens is 1. The molecule has 168 valence electrons. The zero-order chi connectivity index (χ0) is 22.2. The first-order valence-electron chi connectivity index (χ1n) is 11.1. The Kier molecular flexibility index (Phi) is 4.97. The Balaban J connectivity index is 1.07. The van der Waals surface area contributed by atoms with E-state index in [1.165, 1.54) is 11.6 Å². The molecule has 1 atom stereocenters. The van der Waals surface area contributed by atoms with E-state index in [2.05, 4.69) is 40.8 Å². The highest BCUT2D eigenvalue weighted by Crippen LogP contribution is 2.31. The lowest BCUT2D eigenvalue weighted by Gasteiger charge is -2.30. The average Bonchev–Trinajstić information content (AvgIpc) is 3.60. The van der Waals surface area contributed by atoms with Crippen LogP contribution in [0.5, 0.6) is 0 Å². The second kappa shape index (κ2) is 8.27. The topological polar surface area (TPSA) is 109 Å². The minimum atomic E-state index is -0.194. The Morgan fingerprint density at radius 3 is 2.64 bits per heavy atom. The molecule has 1 fully saturated rings. The van der Waals surface area contributed by atoms with Crippen LogP contribution in [0.1, 0.15) is 35.6 Å². The number of hydrogen-bond donors (Lipinski definition) is 2. The largest absolute Gasteiger partial charge is 0.354 e. The maximum Gasteiger partial charge on any atom is 0.222 e. The zero-order valence-electron chi connectivity index (χ0n) is 17.9. The second-order valence-corrected chi connectivity index (χ2v) is 8.68. The zero-order valence-corrected chi connectivity index (χ0v) is 17.9. The summed E-state index contributed by atoms with van der Waals surface area (Å²) >= 11 is 0. The van der Waals surface area contributed by atoms with E-state index in [1.807, 2.05) is 12.1 Å². The average molecular weight is 446 g/mol. The predicted molar refractivity (Wildman–Crippen MR) is 119 cm³/mol. The first-order chi connectivity index (χ1) is 16.2. The van der Waals surface area contributed by atoms with Crippen LogP contribution in [-0.4, -0.2) is 49.7 Å². The van der Waals surface area contributed by atoms with E-state index in [0.29, 0.717) is 17.6 Å². The van der Waals surface area contributed by atoms with Gasteiger partial charge >= 0.3 is 0 Å². The molecule has 0 spiro atoms. The number of hydrogen-bond acceptors (Lipinski definition) is 8. The number of piperidine rings is 1. The molecule has 0 amide bonds. The molecule has 10 heteroatoms. The van der Waals surface area contributed by atoms with E-state index in [4.69, 9.17) is 4.52 Å². The van der Waals surface area contributed by atoms with Crippen LogP contribution in [-0.2, 0) is 12.8 Å². The van der Waals surface area contributed by atoms with E-state index < -0.39 is 0 Å². The highest BCUT2D eigenvalue weighted by Gasteiger charge is 2.25. The van der Waals surface area contributed by atoms with Crippen LogP contribution in [0.15, 0.2) is 47.4 Å². The molecule has 0 bridgehead atoms. The molecule has 9 nitrogen and oxygen atoms in total. The first-order valence-corrected chi connectivity index (χ1v) is 11.1. The Morgan fingerprint density at radius 1 is 1.03 bits per heavy atom. The SMILES string of the molecule is Fc1ccc2c(c1)CC(Nc1ncc(-c3cc(N4CCC(c5cnn[nH]5)CC4)no3)cn1)C2. The molecule has 0 radical (unpaired) electrons. The molecule has 3 aromatic heterocycles. The molecule has 33 heavy (non-hydrogen) atoms. The molecule has 2 N–H and O–H groups in total. The normalized spacial score (nSPS) is 18.5. The summed E-state index contributed by atoms with van der Waals surface area (Å²) in [5.74, 6) is 2.26. The minimum Gasteiger partial charge on any atom is -0.354 e. The summed E-state index contributed by atoms with van der Waals surface area (Å²) in [6.07, 6.45) is 8.88. The molecule has 1 saturated heterocycles. The summed E-state index contributed by atoms with van der Waals surface area (Å²) < 4.78 is 19.0. The van der Waals surface area contributed by atoms with Crippen molar-refractivity contribution < 1.29 is 8.91 Å². The van der Waals surface area contributed by atoms with Crippen LogP contribution in [0.25, 0.3) is 11.3 Å². The lowest BCUT2D eigenvalue weighted by atomic mass is 9.94. The third-order valence-corrected chi connectivity index (χ3v) is 6.56. The Hall–Kier alpha value is -3.82. The van der Waals surface area contributed by atoms with E-state index in [0.717, 1.165) is 61.4 Å². The van der Waals surface area contributed by atoms with E-state index >= 15 is 0 Å². The fourth-order valence-corrected chi connectivity index (χ4v) is 4.77. The van der Waals surface area contributed by atoms with Gasteiger partial charge in [0.1, 0.15) is 5.82 Å². The Bertz CT molecular complexity index is 1230. The van der Waals surface area contributed by atoms with E-state index in [-0.39, 0.29) is 11.9 Å². The number of anilines is 2. The number of aromatic nitrogens is 6. The fraction of sp³-hybridized carbons (Fsp3) is 0.348. The van der Waals surface area contributed by atoms with Crippen molar-refractivity contribution in [3.8, 4) is 11.3 Å². The van der Waals surface area contributed by atoms with Crippen molar-refractivity contribution in [3.05, 3.63) is 65.5 Å². The summed E-state index contributed by atoms with van der Waals surface area (Å²) in [5, 5.41) is 18.3. The number of aromatic amines is 1. The van der Waals surface area contributed by atoms with Crippen LogP contribution in [0.4, 0.5) is 16.2 Å². The third kappa shape index (κ3) is 4.04. The summed E-state index contributed by atoms with van der Waals surface area (Å²) in [4.78, 5) is 11.1. The predicted octanol–water partition coefficient (Wildman–Crippen LogP) is 3.35. The van der Waals surface area contributed by atoms with Crippen molar-refractivity contribution in [2.24, 2.45) is 0 Å². The molecule has 2 aliphatic rings. The number of nitrogens with one attached hydrogen (secondary N) is 2. The molecular formula is C23H23FN8O. The molecule has 4 aromatic rings. The van der Waals surface area contributed by atoms with Crippen molar-refractivity contribution in [1.29, 1.82) is 0 Å². The van der Waals surface area contributed by atoms with Gasteiger partial charge in [-0.1, -0.05) is 16.4 Å². The van der Waals surface area contributed by atoms with Gasteiger partial charge in [-0.15, -0.1) is 5.10 Å². The quantitative estimate of drug-likeness (QED) is 0.480. The second-order valence-electron chi connectivity index (χ2n) is 8.68. The van der Waals surface area contributed by atoms with Gasteiger partial charge in [-0.05, 0) is 48.9 Å². The number of nitrogens with zero attached hydrogens (tertiary/aromatic N) is 6. The van der Waals surface area contributed by atoms with E-state index in [9.17, 15) is 4.39 Å². The van der Waals surface area contributed by atoms with Crippen LogP contribution < -0.4 is 10.2 Å². The van der Waals surface area contributed by atoms with Crippen molar-refractivity contribution in [1.82, 2.24) is 30.5 Å². The monoisotopic (exact) mass is 446 g/mol. The third-order valence-electron chi connectivity index (χ3n) is 6.56. The molecule has 1 unspecified atom stereocenters. The van der Waals surface area contributed by atoms with Crippen molar-refractivity contribution in [2.75, 3.05) is 23.3 Å². The van der Waals surface area contributed by atoms with Gasteiger partial charge in [0.15, 0.2) is 11.6 Å². The molecular weight excluding hydrogens is 423 g/mol. The van der Waals surface area contributed by atoms with Gasteiger partial charge in [0.2, 0.25) is 5.95 Å². The molecule has 1 aliphatic carbocycles. The van der Waals surface area contributed by atoms with Crippen molar-refractivity contribution in [3.63, 3.8) is 0 Å². The first kappa shape index (κ1) is 19.8. The summed E-state index contributed by atoms with van der Waals surface area (Å²) in [7, 11) is 0. The van der Waals surface area contributed by atoms with Gasteiger partial charge < -0.3 is 14.7 Å². The molecule has 1 aliphatic heterocycles. The highest BCUT2D eigenvalue weighted by molar-refractivity contribution is 5.60. The molecule has 1 aromatic carbocycles. The van der Waals surface area contributed by atoms with Gasteiger partial charge in [-0.2, -0.15) is 0 Å². The molecule has 4 heterocycles. The van der Waals surface area contributed by atoms with Gasteiger partial charge in [0.05, 0.1) is 17.5 Å². The van der Waals surface area contributed by atoms with Crippen molar-refractivity contribution >= 4 is 11.8 Å². The van der Waals surface area contributed by atoms with Crippen LogP contribution in [0.3, 0.4) is 0 Å². The van der Waals surface area contributed by atoms with Gasteiger partial charge in [0.25, 0.3) is 0 Å². The lowest BCUT2D eigenvalue weighted by Crippen LogP contribution is -2.33. The minimum absolute atomic E-state index is 0.157. The fourth-order valence-electron chi connectivity index (χ4n) is 4.77. The van der Waals surface area contributed by atoms with Gasteiger partial charge in [0, 0.05) is 43.5 Å². The van der Waals surface area contributed by atoms with Gasteiger partial charge in [-0.25, -0.2) is 14.4 Å². The number of rotatable bonds is 5. The summed E-state index contributed by atoms with van der Waals surface area (Å²) in [5.41, 5.74) is 4.08. The maximum absolute atomic E-state index is 13.4. The van der Waals surface area contributed by atoms with Gasteiger partial charge in [-0.3, -0.25) is 5.10 Å². The highest BCUT2D eigenvalue weighted by atomic mass is 19.1. The Labute approximate surface area is 189 Å². The standard InChI is InChI=1S/C23H23FN8O/c24-18-2-1-15-8-19(9-16(15)7-18)28-23-25-11-17(12-26-23)21-10-22(30-33-21)32-5-3-14(4-6-32)20-13-27-31-29-20/h1-2,7,10-14,19H,3-6,8-9H2,(H,25,26,28)(H,27,29,31). The van der Waals surface area contributed by atoms with Crippen LogP contribution >= 0.6 is 0 Å². The maximum atomic E-state index is 13.4. The molecule has 6 rings (SSSR count). The number of H-pyrrole nitrogens is 1. The van der Waals surface area contributed by atoms with Crippen molar-refractivity contribution in [2.45, 2.75) is 37.6 Å². The summed E-state index contributed by atoms with van der Waals surface area (Å²) in [6.45, 7) is 1.78. The van der Waals surface area contributed by atoms with Crippen LogP contribution in [0.2, 0.25) is 0 Å². The smallest absolute Gasteiger partial charge is 0.222 e. The van der Waals surface area contributed by atoms with E-state index in [1.54, 1.807) is 24.7 Å².